The molecule has 1 aromatic heterocycles. The van der Waals surface area contributed by atoms with Crippen LogP contribution in [0.4, 0.5) is 5.69 Å². The van der Waals surface area contributed by atoms with E-state index < -0.39 is 0 Å². The van der Waals surface area contributed by atoms with Crippen LogP contribution in [0.15, 0.2) is 24.3 Å². The predicted octanol–water partition coefficient (Wildman–Crippen LogP) is 2.67. The maximum Gasteiger partial charge on any atom is 0.265 e. The number of likely N-dealkylation sites (N-methyl/N-ethyl adjacent to an activating group) is 1. The monoisotopic (exact) mass is 318 g/mol. The van der Waals surface area contributed by atoms with Gasteiger partial charge in [0.15, 0.2) is 0 Å². The lowest BCUT2D eigenvalue weighted by atomic mass is 10.2. The molecule has 0 aliphatic rings. The Morgan fingerprint density at radius 2 is 2.18 bits per heavy atom. The summed E-state index contributed by atoms with van der Waals surface area (Å²) in [4.78, 5) is 15.0. The highest BCUT2D eigenvalue weighted by molar-refractivity contribution is 7.08. The van der Waals surface area contributed by atoms with Gasteiger partial charge in [-0.1, -0.05) is 23.5 Å². The highest BCUT2D eigenvalue weighted by Gasteiger charge is 2.14. The van der Waals surface area contributed by atoms with Gasteiger partial charge in [0.2, 0.25) is 0 Å². The number of benzene rings is 1. The van der Waals surface area contributed by atoms with Crippen LogP contribution in [0.2, 0.25) is 0 Å². The first-order valence-electron chi connectivity index (χ1n) is 7.56. The second-order valence-corrected chi connectivity index (χ2v) is 5.83. The molecule has 1 amide bonds. The second-order valence-electron chi connectivity index (χ2n) is 5.08. The molecule has 6 heteroatoms. The molecule has 0 unspecified atom stereocenters. The smallest absolute Gasteiger partial charge is 0.265 e. The molecule has 1 aromatic carbocycles. The minimum Gasteiger partial charge on any atom is -0.370 e. The summed E-state index contributed by atoms with van der Waals surface area (Å²) in [6.45, 7) is 8.46. The normalized spacial score (nSPS) is 10.5. The molecule has 0 saturated heterocycles. The number of aromatic nitrogens is 2. The molecule has 1 heterocycles. The molecule has 0 spiro atoms. The highest BCUT2D eigenvalue weighted by Crippen LogP contribution is 2.15. The molecular formula is C16H22N4OS. The second kappa shape index (κ2) is 7.89. The number of nitrogens with zero attached hydrogens (tertiary/aromatic N) is 3. The van der Waals surface area contributed by atoms with E-state index >= 15 is 0 Å². The van der Waals surface area contributed by atoms with E-state index in [4.69, 9.17) is 0 Å². The summed E-state index contributed by atoms with van der Waals surface area (Å²) < 4.78 is 3.85. The van der Waals surface area contributed by atoms with Crippen molar-refractivity contribution < 1.29 is 4.79 Å². The van der Waals surface area contributed by atoms with Crippen LogP contribution < -0.4 is 10.2 Å². The number of amides is 1. The average molecular weight is 318 g/mol. The lowest BCUT2D eigenvalue weighted by Gasteiger charge is -2.23. The fourth-order valence-corrected chi connectivity index (χ4v) is 2.96. The molecule has 1 N–H and O–H groups in total. The summed E-state index contributed by atoms with van der Waals surface area (Å²) in [5, 5.41) is 6.93. The van der Waals surface area contributed by atoms with Gasteiger partial charge in [0.05, 0.1) is 5.69 Å². The zero-order valence-electron chi connectivity index (χ0n) is 13.3. The number of anilines is 1. The van der Waals surface area contributed by atoms with Crippen LogP contribution in [-0.4, -0.2) is 35.1 Å². The van der Waals surface area contributed by atoms with Gasteiger partial charge in [-0.15, -0.1) is 5.10 Å². The van der Waals surface area contributed by atoms with Gasteiger partial charge in [-0.05, 0) is 49.5 Å². The first kappa shape index (κ1) is 16.4. The summed E-state index contributed by atoms with van der Waals surface area (Å²) in [7, 11) is 0. The van der Waals surface area contributed by atoms with Crippen LogP contribution in [0.3, 0.4) is 0 Å². The lowest BCUT2D eigenvalue weighted by molar-refractivity contribution is 0.0957. The number of aryl methyl sites for hydroxylation is 2. The number of carbonyl (C=O) groups is 1. The first-order chi connectivity index (χ1) is 10.7. The van der Waals surface area contributed by atoms with Gasteiger partial charge in [-0.3, -0.25) is 4.79 Å². The van der Waals surface area contributed by atoms with Crippen LogP contribution in [0.5, 0.6) is 0 Å². The Labute approximate surface area is 135 Å². The molecule has 0 saturated carbocycles. The maximum absolute atomic E-state index is 12.1. The number of rotatable bonds is 7. The minimum absolute atomic E-state index is 0.0767. The molecule has 0 fully saturated rings. The third-order valence-corrected chi connectivity index (χ3v) is 4.28. The molecule has 2 aromatic rings. The van der Waals surface area contributed by atoms with E-state index in [0.717, 1.165) is 36.7 Å². The zero-order chi connectivity index (χ0) is 15.9. The van der Waals surface area contributed by atoms with E-state index in [-0.39, 0.29) is 5.91 Å². The van der Waals surface area contributed by atoms with Crippen LogP contribution in [-0.2, 0) is 6.42 Å². The number of nitrogens with one attached hydrogen (secondary N) is 1. The van der Waals surface area contributed by atoms with Gasteiger partial charge in [0.25, 0.3) is 5.91 Å². The number of hydrogen-bond donors (Lipinski definition) is 1. The summed E-state index contributed by atoms with van der Waals surface area (Å²) in [5.74, 6) is -0.0767. The number of hydrogen-bond acceptors (Lipinski definition) is 5. The Bertz CT molecular complexity index is 626. The molecule has 22 heavy (non-hydrogen) atoms. The summed E-state index contributed by atoms with van der Waals surface area (Å²) in [6, 6.07) is 8.40. The van der Waals surface area contributed by atoms with Crippen molar-refractivity contribution in [3.63, 3.8) is 0 Å². The quantitative estimate of drug-likeness (QED) is 0.853. The van der Waals surface area contributed by atoms with Gasteiger partial charge in [0.1, 0.15) is 4.88 Å². The fraction of sp³-hybridized carbons (Fsp3) is 0.438. The molecule has 2 rings (SSSR count). The summed E-state index contributed by atoms with van der Waals surface area (Å²) in [5.41, 5.74) is 3.20. The molecule has 0 radical (unpaired) electrons. The van der Waals surface area contributed by atoms with Crippen molar-refractivity contribution in [2.75, 3.05) is 24.5 Å². The fourth-order valence-electron chi connectivity index (χ4n) is 2.29. The van der Waals surface area contributed by atoms with Crippen LogP contribution in [0.1, 0.15) is 34.8 Å². The zero-order valence-corrected chi connectivity index (χ0v) is 14.1. The lowest BCUT2D eigenvalue weighted by Crippen LogP contribution is -2.35. The van der Waals surface area contributed by atoms with E-state index in [0.29, 0.717) is 11.4 Å². The average Bonchev–Trinajstić information content (AvgIpc) is 3.00. The van der Waals surface area contributed by atoms with E-state index in [1.54, 1.807) is 0 Å². The van der Waals surface area contributed by atoms with E-state index in [2.05, 4.69) is 57.9 Å². The molecule has 0 atom stereocenters. The van der Waals surface area contributed by atoms with Gasteiger partial charge in [-0.25, -0.2) is 0 Å². The third-order valence-electron chi connectivity index (χ3n) is 3.51. The van der Waals surface area contributed by atoms with Gasteiger partial charge in [0, 0.05) is 25.3 Å². The summed E-state index contributed by atoms with van der Waals surface area (Å²) in [6.07, 6.45) is 0.726. The predicted molar refractivity (Wildman–Crippen MR) is 90.7 cm³/mol. The van der Waals surface area contributed by atoms with Gasteiger partial charge >= 0.3 is 0 Å². The summed E-state index contributed by atoms with van der Waals surface area (Å²) >= 11 is 1.16. The van der Waals surface area contributed by atoms with Crippen LogP contribution in [0, 0.1) is 6.92 Å². The van der Waals surface area contributed by atoms with Crippen LogP contribution in [0.25, 0.3) is 0 Å². The van der Waals surface area contributed by atoms with E-state index in [9.17, 15) is 4.79 Å². The van der Waals surface area contributed by atoms with E-state index in [1.807, 2.05) is 6.92 Å². The SMILES string of the molecule is CCc1nnsc1C(=O)NCCN(CC)c1cccc(C)c1. The Morgan fingerprint density at radius 3 is 2.86 bits per heavy atom. The van der Waals surface area contributed by atoms with Crippen molar-refractivity contribution in [1.29, 1.82) is 0 Å². The Hall–Kier alpha value is -1.95. The molecule has 5 nitrogen and oxygen atoms in total. The maximum atomic E-state index is 12.1. The first-order valence-corrected chi connectivity index (χ1v) is 8.34. The van der Waals surface area contributed by atoms with E-state index in [1.165, 1.54) is 11.3 Å². The topological polar surface area (TPSA) is 58.1 Å². The Balaban J connectivity index is 1.90. The van der Waals surface area contributed by atoms with Crippen molar-refractivity contribution in [2.24, 2.45) is 0 Å². The molecule has 118 valence electrons. The van der Waals surface area contributed by atoms with Crippen molar-refractivity contribution in [2.45, 2.75) is 27.2 Å². The largest absolute Gasteiger partial charge is 0.370 e. The Kier molecular flexibility index (Phi) is 5.89. The van der Waals surface area contributed by atoms with Crippen molar-refractivity contribution in [1.82, 2.24) is 14.9 Å². The van der Waals surface area contributed by atoms with Crippen LogP contribution >= 0.6 is 11.5 Å². The molecule has 0 aliphatic carbocycles. The minimum atomic E-state index is -0.0767. The van der Waals surface area contributed by atoms with Crippen molar-refractivity contribution in [3.05, 3.63) is 40.4 Å². The van der Waals surface area contributed by atoms with Crippen molar-refractivity contribution >= 4 is 23.1 Å². The number of carbonyl (C=O) groups excluding carboxylic acids is 1. The standard InChI is InChI=1S/C16H22N4OS/c1-4-14-15(22-19-18-14)16(21)17-9-10-20(5-2)13-8-6-7-12(3)11-13/h6-8,11H,4-5,9-10H2,1-3H3,(H,17,21). The molecular weight excluding hydrogens is 296 g/mol. The molecule has 0 aliphatic heterocycles. The highest BCUT2D eigenvalue weighted by atomic mass is 32.1. The third kappa shape index (κ3) is 4.04. The van der Waals surface area contributed by atoms with Crippen molar-refractivity contribution in [3.8, 4) is 0 Å². The Morgan fingerprint density at radius 1 is 1.36 bits per heavy atom. The van der Waals surface area contributed by atoms with Gasteiger partial charge < -0.3 is 10.2 Å². The van der Waals surface area contributed by atoms with Gasteiger partial charge in [-0.2, -0.15) is 0 Å². The molecule has 0 bridgehead atoms.